The number of aliphatic hydroxyl groups is 8. The van der Waals surface area contributed by atoms with Gasteiger partial charge in [-0.1, -0.05) is 320 Å². The molecule has 0 spiro atoms. The first-order valence-corrected chi connectivity index (χ1v) is 37.2. The summed E-state index contributed by atoms with van der Waals surface area (Å²) in [6.45, 7) is 2.79. The van der Waals surface area contributed by atoms with Crippen molar-refractivity contribution in [3.63, 3.8) is 0 Å². The van der Waals surface area contributed by atoms with Crippen LogP contribution in [0.25, 0.3) is 0 Å². The Morgan fingerprint density at radius 1 is 0.398 bits per heavy atom. The monoisotopic (exact) mass is 1250 g/mol. The highest BCUT2D eigenvalue weighted by Gasteiger charge is 2.51. The topological polar surface area (TPSA) is 228 Å². The zero-order valence-electron chi connectivity index (χ0n) is 56.5. The molecule has 0 saturated carbocycles. The number of carbonyl (C=O) groups excluding carboxylic acids is 1. The van der Waals surface area contributed by atoms with E-state index in [1.807, 2.05) is 6.08 Å². The van der Waals surface area contributed by atoms with Gasteiger partial charge < -0.3 is 65.1 Å². The zero-order chi connectivity index (χ0) is 63.8. The van der Waals surface area contributed by atoms with E-state index >= 15 is 0 Å². The van der Waals surface area contributed by atoms with Crippen molar-refractivity contribution in [2.24, 2.45) is 0 Å². The molecule has 9 N–H and O–H groups in total. The van der Waals surface area contributed by atoms with Crippen molar-refractivity contribution in [1.29, 1.82) is 0 Å². The van der Waals surface area contributed by atoms with E-state index in [-0.39, 0.29) is 18.9 Å². The molecule has 2 aliphatic rings. The van der Waals surface area contributed by atoms with Crippen LogP contribution in [0.15, 0.2) is 36.5 Å². The minimum Gasteiger partial charge on any atom is -0.394 e. The fraction of sp³-hybridized carbons (Fsp3) is 0.905. The third kappa shape index (κ3) is 42.4. The van der Waals surface area contributed by atoms with E-state index in [0.29, 0.717) is 12.8 Å². The van der Waals surface area contributed by atoms with E-state index in [1.54, 1.807) is 6.08 Å². The Labute approximate surface area is 538 Å². The highest BCUT2D eigenvalue weighted by Crippen LogP contribution is 2.30. The highest BCUT2D eigenvalue weighted by molar-refractivity contribution is 5.76. The average molecular weight is 1250 g/mol. The first kappa shape index (κ1) is 82.3. The minimum absolute atomic E-state index is 0.248. The number of hydrogen-bond acceptors (Lipinski definition) is 13. The molecule has 0 radical (unpaired) electrons. The minimum atomic E-state index is -1.79. The second-order valence-corrected chi connectivity index (χ2v) is 26.4. The predicted octanol–water partition coefficient (Wildman–Crippen LogP) is 15.7. The fourth-order valence-corrected chi connectivity index (χ4v) is 12.4. The normalized spacial score (nSPS) is 23.3. The summed E-state index contributed by atoms with van der Waals surface area (Å²) in [5.41, 5.74) is 0. The van der Waals surface area contributed by atoms with Gasteiger partial charge in [0.1, 0.15) is 48.8 Å². The Bertz CT molecular complexity index is 1620. The lowest BCUT2D eigenvalue weighted by Gasteiger charge is -2.46. The van der Waals surface area contributed by atoms with Gasteiger partial charge in [0.15, 0.2) is 12.6 Å². The number of ether oxygens (including phenoxy) is 4. The van der Waals surface area contributed by atoms with Crippen LogP contribution in [0.4, 0.5) is 0 Å². The molecule has 12 unspecified atom stereocenters. The molecule has 2 fully saturated rings. The Balaban J connectivity index is 1.55. The molecule has 14 heteroatoms. The number of aliphatic hydroxyl groups excluding tert-OH is 8. The van der Waals surface area contributed by atoms with Crippen LogP contribution in [0.2, 0.25) is 0 Å². The van der Waals surface area contributed by atoms with E-state index in [9.17, 15) is 45.6 Å². The first-order valence-electron chi connectivity index (χ1n) is 37.2. The van der Waals surface area contributed by atoms with Gasteiger partial charge in [-0.3, -0.25) is 4.79 Å². The van der Waals surface area contributed by atoms with Crippen LogP contribution < -0.4 is 5.32 Å². The maximum atomic E-state index is 13.3. The van der Waals surface area contributed by atoms with Crippen LogP contribution in [0.3, 0.4) is 0 Å². The molecule has 1 amide bonds. The molecule has 0 aromatic carbocycles. The number of rotatable bonds is 62. The van der Waals surface area contributed by atoms with Gasteiger partial charge in [-0.05, 0) is 44.9 Å². The molecule has 0 aliphatic carbocycles. The van der Waals surface area contributed by atoms with Gasteiger partial charge >= 0.3 is 0 Å². The van der Waals surface area contributed by atoms with Gasteiger partial charge in [-0.15, -0.1) is 0 Å². The van der Waals surface area contributed by atoms with Crippen molar-refractivity contribution < 1.29 is 64.6 Å². The quantitative estimate of drug-likeness (QED) is 0.0204. The van der Waals surface area contributed by atoms with E-state index in [2.05, 4.69) is 43.5 Å². The molecule has 518 valence electrons. The lowest BCUT2D eigenvalue weighted by Crippen LogP contribution is -2.65. The summed E-state index contributed by atoms with van der Waals surface area (Å²) in [5, 5.41) is 87.3. The fourth-order valence-electron chi connectivity index (χ4n) is 12.4. The molecule has 12 atom stereocenters. The molecule has 14 nitrogen and oxygen atoms in total. The highest BCUT2D eigenvalue weighted by atomic mass is 16.7. The Morgan fingerprint density at radius 2 is 0.727 bits per heavy atom. The molecule has 2 saturated heterocycles. The van der Waals surface area contributed by atoms with E-state index < -0.39 is 86.8 Å². The lowest BCUT2D eigenvalue weighted by molar-refractivity contribution is -0.359. The molecule has 88 heavy (non-hydrogen) atoms. The predicted molar refractivity (Wildman–Crippen MR) is 360 cm³/mol. The number of hydrogen-bond donors (Lipinski definition) is 9. The number of amides is 1. The van der Waals surface area contributed by atoms with Crippen molar-refractivity contribution in [3.05, 3.63) is 36.5 Å². The van der Waals surface area contributed by atoms with Crippen LogP contribution in [-0.2, 0) is 23.7 Å². The van der Waals surface area contributed by atoms with Gasteiger partial charge in [0, 0.05) is 6.42 Å². The van der Waals surface area contributed by atoms with Gasteiger partial charge in [0.05, 0.1) is 32.0 Å². The molecular weight excluding hydrogens is 1110 g/mol. The van der Waals surface area contributed by atoms with Gasteiger partial charge in [-0.25, -0.2) is 0 Å². The third-order valence-electron chi connectivity index (χ3n) is 18.3. The van der Waals surface area contributed by atoms with Crippen LogP contribution in [0.1, 0.15) is 335 Å². The molecule has 2 heterocycles. The summed E-state index contributed by atoms with van der Waals surface area (Å²) in [4.78, 5) is 13.3. The number of allylic oxidation sites excluding steroid dienone is 5. The maximum Gasteiger partial charge on any atom is 0.220 e. The summed E-state index contributed by atoms with van der Waals surface area (Å²) >= 11 is 0. The Morgan fingerprint density at radius 3 is 1.11 bits per heavy atom. The van der Waals surface area contributed by atoms with Crippen LogP contribution in [0.5, 0.6) is 0 Å². The van der Waals surface area contributed by atoms with Crippen molar-refractivity contribution in [3.8, 4) is 0 Å². The van der Waals surface area contributed by atoms with Crippen LogP contribution >= 0.6 is 0 Å². The molecule has 0 bridgehead atoms. The average Bonchev–Trinajstić information content (AvgIpc) is 2.01. The number of unbranched alkanes of at least 4 members (excludes halogenated alkanes) is 45. The number of carbonyl (C=O) groups is 1. The van der Waals surface area contributed by atoms with Gasteiger partial charge in [0.2, 0.25) is 5.91 Å². The lowest BCUT2D eigenvalue weighted by atomic mass is 9.97. The standard InChI is InChI=1S/C74H139NO13/c1-3-5-7-9-11-13-15-17-19-20-21-22-23-24-25-26-27-28-29-30-31-32-33-34-35-36-37-38-39-40-41-42-44-46-48-50-52-54-56-58-66(79)75-62(63(78)57-55-53-51-49-47-45-43-18-16-14-12-10-8-6-4-2)61-85-73-71(84)69(82)72(65(60-77)87-73)88-74-70(83)68(81)67(80)64(59-76)86-74/h16,18,47,49,55,57,62-65,67-74,76-78,80-84H,3-15,17,19-46,48,50-54,56,58-61H2,1-2H3,(H,75,79)/b18-16+,49-47+,57-55+. The van der Waals surface area contributed by atoms with Crippen LogP contribution in [0, 0.1) is 0 Å². The molecular formula is C74H139NO13. The van der Waals surface area contributed by atoms with Gasteiger partial charge in [-0.2, -0.15) is 0 Å². The third-order valence-corrected chi connectivity index (χ3v) is 18.3. The van der Waals surface area contributed by atoms with Crippen molar-refractivity contribution in [2.45, 2.75) is 408 Å². The summed E-state index contributed by atoms with van der Waals surface area (Å²) in [5.74, 6) is -0.248. The Kier molecular flexibility index (Phi) is 55.2. The summed E-state index contributed by atoms with van der Waals surface area (Å²) < 4.78 is 22.8. The SMILES string of the molecule is CCCCCCC/C=C/CC/C=C/CC/C=C/C(O)C(COC1OC(CO)C(OC2OC(CO)C(O)C(O)C2O)C(O)C1O)NC(=O)CCCCCCCCCCCCCCCCCCCCCCCCCCCCCCCCCCCCCCCCC. The van der Waals surface area contributed by atoms with Gasteiger partial charge in [0.25, 0.3) is 0 Å². The first-order chi connectivity index (χ1) is 43.1. The largest absolute Gasteiger partial charge is 0.394 e. The van der Waals surface area contributed by atoms with Crippen molar-refractivity contribution in [1.82, 2.24) is 5.32 Å². The van der Waals surface area contributed by atoms with E-state index in [0.717, 1.165) is 44.9 Å². The maximum absolute atomic E-state index is 13.3. The second-order valence-electron chi connectivity index (χ2n) is 26.4. The molecule has 0 aromatic rings. The van der Waals surface area contributed by atoms with Crippen molar-refractivity contribution in [2.75, 3.05) is 19.8 Å². The smallest absolute Gasteiger partial charge is 0.220 e. The summed E-state index contributed by atoms with van der Waals surface area (Å²) in [6.07, 6.45) is 59.7. The molecule has 0 aromatic heterocycles. The van der Waals surface area contributed by atoms with Crippen molar-refractivity contribution >= 4 is 5.91 Å². The van der Waals surface area contributed by atoms with Crippen LogP contribution in [-0.4, -0.2) is 140 Å². The Hall–Kier alpha value is -1.79. The molecule has 2 rings (SSSR count). The summed E-state index contributed by atoms with van der Waals surface area (Å²) in [6, 6.07) is -0.936. The summed E-state index contributed by atoms with van der Waals surface area (Å²) in [7, 11) is 0. The van der Waals surface area contributed by atoms with E-state index in [4.69, 9.17) is 18.9 Å². The van der Waals surface area contributed by atoms with E-state index in [1.165, 1.54) is 257 Å². The zero-order valence-corrected chi connectivity index (χ0v) is 56.5. The molecule has 2 aliphatic heterocycles. The number of nitrogens with one attached hydrogen (secondary N) is 1. The second kappa shape index (κ2) is 59.0.